The molecule has 2 heterocycles. The van der Waals surface area contributed by atoms with Crippen molar-refractivity contribution in [3.05, 3.63) is 28.8 Å². The van der Waals surface area contributed by atoms with Crippen LogP contribution < -0.4 is 0 Å². The maximum Gasteiger partial charge on any atom is 0.125 e. The molecular weight excluding hydrogens is 278 g/mol. The summed E-state index contributed by atoms with van der Waals surface area (Å²) < 4.78 is 0.806. The SMILES string of the molecule is CC(C)CN1CC=C(c2cncc(Br)n2)CC1. The molecule has 2 rings (SSSR count). The molecule has 1 aliphatic rings. The minimum atomic E-state index is 0.732. The third-order valence-electron chi connectivity index (χ3n) is 2.85. The number of nitrogens with zero attached hydrogens (tertiary/aromatic N) is 3. The Bertz CT molecular complexity index is 415. The third-order valence-corrected chi connectivity index (χ3v) is 3.23. The quantitative estimate of drug-likeness (QED) is 0.858. The van der Waals surface area contributed by atoms with E-state index in [0.717, 1.165) is 35.7 Å². The fourth-order valence-corrected chi connectivity index (χ4v) is 2.43. The van der Waals surface area contributed by atoms with Crippen molar-refractivity contribution in [2.24, 2.45) is 5.92 Å². The van der Waals surface area contributed by atoms with Gasteiger partial charge in [-0.2, -0.15) is 0 Å². The van der Waals surface area contributed by atoms with Gasteiger partial charge in [0.15, 0.2) is 0 Å². The standard InChI is InChI=1S/C13H18BrN3/c1-10(2)9-17-5-3-11(4-6-17)12-7-15-8-13(14)16-12/h3,7-8,10H,4-6,9H2,1-2H3. The van der Waals surface area contributed by atoms with Crippen molar-refractivity contribution in [3.63, 3.8) is 0 Å². The van der Waals surface area contributed by atoms with Gasteiger partial charge in [0.2, 0.25) is 0 Å². The molecule has 0 N–H and O–H groups in total. The minimum Gasteiger partial charge on any atom is -0.299 e. The van der Waals surface area contributed by atoms with Gasteiger partial charge in [0.1, 0.15) is 4.60 Å². The molecule has 0 spiro atoms. The summed E-state index contributed by atoms with van der Waals surface area (Å²) in [7, 11) is 0. The van der Waals surface area contributed by atoms with Crippen molar-refractivity contribution in [3.8, 4) is 0 Å². The molecule has 0 fully saturated rings. The van der Waals surface area contributed by atoms with Gasteiger partial charge in [0, 0.05) is 19.6 Å². The van der Waals surface area contributed by atoms with Crippen molar-refractivity contribution >= 4 is 21.5 Å². The fourth-order valence-electron chi connectivity index (χ4n) is 2.12. The van der Waals surface area contributed by atoms with Gasteiger partial charge >= 0.3 is 0 Å². The first kappa shape index (κ1) is 12.7. The summed E-state index contributed by atoms with van der Waals surface area (Å²) in [5, 5.41) is 0. The summed E-state index contributed by atoms with van der Waals surface area (Å²) in [6.45, 7) is 7.85. The first-order valence-corrected chi connectivity index (χ1v) is 6.84. The number of hydrogen-bond donors (Lipinski definition) is 0. The van der Waals surface area contributed by atoms with Crippen LogP contribution in [0.3, 0.4) is 0 Å². The van der Waals surface area contributed by atoms with Crippen LogP contribution in [-0.2, 0) is 0 Å². The van der Waals surface area contributed by atoms with E-state index < -0.39 is 0 Å². The summed E-state index contributed by atoms with van der Waals surface area (Å²) in [5.74, 6) is 0.732. The van der Waals surface area contributed by atoms with Crippen LogP contribution in [-0.4, -0.2) is 34.5 Å². The lowest BCUT2D eigenvalue weighted by molar-refractivity contribution is 0.268. The molecule has 0 bridgehead atoms. The second-order valence-electron chi connectivity index (χ2n) is 4.86. The third kappa shape index (κ3) is 3.61. The molecule has 1 aliphatic heterocycles. The molecule has 0 atom stereocenters. The summed E-state index contributed by atoms with van der Waals surface area (Å²) in [6.07, 6.45) is 6.91. The van der Waals surface area contributed by atoms with Crippen LogP contribution in [0, 0.1) is 5.92 Å². The number of hydrogen-bond acceptors (Lipinski definition) is 3. The zero-order valence-corrected chi connectivity index (χ0v) is 11.9. The van der Waals surface area contributed by atoms with E-state index in [-0.39, 0.29) is 0 Å². The fraction of sp³-hybridized carbons (Fsp3) is 0.538. The van der Waals surface area contributed by atoms with Gasteiger partial charge in [0.25, 0.3) is 0 Å². The van der Waals surface area contributed by atoms with E-state index in [2.05, 4.69) is 50.7 Å². The monoisotopic (exact) mass is 295 g/mol. The molecule has 92 valence electrons. The average molecular weight is 296 g/mol. The first-order valence-electron chi connectivity index (χ1n) is 6.04. The molecule has 0 unspecified atom stereocenters. The molecule has 0 amide bonds. The van der Waals surface area contributed by atoms with Crippen LogP contribution >= 0.6 is 15.9 Å². The van der Waals surface area contributed by atoms with Crippen LogP contribution in [0.5, 0.6) is 0 Å². The van der Waals surface area contributed by atoms with Gasteiger partial charge in [-0.15, -0.1) is 0 Å². The molecule has 1 aromatic heterocycles. The lowest BCUT2D eigenvalue weighted by Crippen LogP contribution is -2.31. The number of aromatic nitrogens is 2. The van der Waals surface area contributed by atoms with Gasteiger partial charge < -0.3 is 0 Å². The van der Waals surface area contributed by atoms with Gasteiger partial charge in [0.05, 0.1) is 18.1 Å². The summed E-state index contributed by atoms with van der Waals surface area (Å²) in [6, 6.07) is 0. The highest BCUT2D eigenvalue weighted by molar-refractivity contribution is 9.10. The lowest BCUT2D eigenvalue weighted by Gasteiger charge is -2.27. The second-order valence-corrected chi connectivity index (χ2v) is 5.67. The van der Waals surface area contributed by atoms with Crippen LogP contribution in [0.15, 0.2) is 23.1 Å². The van der Waals surface area contributed by atoms with Gasteiger partial charge in [-0.1, -0.05) is 19.9 Å². The van der Waals surface area contributed by atoms with E-state index >= 15 is 0 Å². The van der Waals surface area contributed by atoms with E-state index in [1.807, 2.05) is 6.20 Å². The maximum atomic E-state index is 4.45. The zero-order valence-electron chi connectivity index (χ0n) is 10.4. The van der Waals surface area contributed by atoms with Crippen LogP contribution in [0.1, 0.15) is 26.0 Å². The molecule has 0 aliphatic carbocycles. The Kier molecular flexibility index (Phi) is 4.29. The van der Waals surface area contributed by atoms with E-state index in [9.17, 15) is 0 Å². The molecular formula is C13H18BrN3. The van der Waals surface area contributed by atoms with E-state index in [1.54, 1.807) is 6.20 Å². The van der Waals surface area contributed by atoms with Crippen molar-refractivity contribution in [2.75, 3.05) is 19.6 Å². The highest BCUT2D eigenvalue weighted by Gasteiger charge is 2.14. The summed E-state index contributed by atoms with van der Waals surface area (Å²) >= 11 is 3.36. The van der Waals surface area contributed by atoms with Gasteiger partial charge in [-0.25, -0.2) is 4.98 Å². The Morgan fingerprint density at radius 2 is 2.24 bits per heavy atom. The molecule has 4 heteroatoms. The summed E-state index contributed by atoms with van der Waals surface area (Å²) in [5.41, 5.74) is 2.32. The normalized spacial score (nSPS) is 17.3. The summed E-state index contributed by atoms with van der Waals surface area (Å²) in [4.78, 5) is 11.1. The smallest absolute Gasteiger partial charge is 0.125 e. The molecule has 0 radical (unpaired) electrons. The molecule has 17 heavy (non-hydrogen) atoms. The molecule has 0 aromatic carbocycles. The predicted octanol–water partition coefficient (Wildman–Crippen LogP) is 2.98. The molecule has 1 aromatic rings. The van der Waals surface area contributed by atoms with Gasteiger partial charge in [-0.3, -0.25) is 9.88 Å². The second kappa shape index (κ2) is 5.74. The Balaban J connectivity index is 2.03. The Labute approximate surface area is 111 Å². The van der Waals surface area contributed by atoms with Crippen LogP contribution in [0.4, 0.5) is 0 Å². The first-order chi connectivity index (χ1) is 8.15. The number of rotatable bonds is 3. The highest BCUT2D eigenvalue weighted by atomic mass is 79.9. The average Bonchev–Trinajstić information content (AvgIpc) is 2.29. The Morgan fingerprint density at radius 1 is 1.41 bits per heavy atom. The van der Waals surface area contributed by atoms with Crippen molar-refractivity contribution in [2.45, 2.75) is 20.3 Å². The van der Waals surface area contributed by atoms with E-state index in [0.29, 0.717) is 0 Å². The van der Waals surface area contributed by atoms with Crippen LogP contribution in [0.2, 0.25) is 0 Å². The van der Waals surface area contributed by atoms with Crippen molar-refractivity contribution in [1.29, 1.82) is 0 Å². The molecule has 3 nitrogen and oxygen atoms in total. The van der Waals surface area contributed by atoms with E-state index in [4.69, 9.17) is 0 Å². The maximum absolute atomic E-state index is 4.45. The van der Waals surface area contributed by atoms with E-state index in [1.165, 1.54) is 12.1 Å². The highest BCUT2D eigenvalue weighted by Crippen LogP contribution is 2.21. The topological polar surface area (TPSA) is 29.0 Å². The van der Waals surface area contributed by atoms with Crippen molar-refractivity contribution < 1.29 is 0 Å². The Morgan fingerprint density at radius 3 is 2.82 bits per heavy atom. The van der Waals surface area contributed by atoms with Crippen molar-refractivity contribution in [1.82, 2.24) is 14.9 Å². The number of halogens is 1. The Hall–Kier alpha value is -0.740. The largest absolute Gasteiger partial charge is 0.299 e. The molecule has 0 saturated carbocycles. The lowest BCUT2D eigenvalue weighted by atomic mass is 10.0. The molecule has 0 saturated heterocycles. The van der Waals surface area contributed by atoms with Gasteiger partial charge in [-0.05, 0) is 33.8 Å². The predicted molar refractivity (Wildman–Crippen MR) is 73.6 cm³/mol. The zero-order chi connectivity index (χ0) is 12.3. The minimum absolute atomic E-state index is 0.732. The van der Waals surface area contributed by atoms with Crippen LogP contribution in [0.25, 0.3) is 5.57 Å².